The van der Waals surface area contributed by atoms with Crippen LogP contribution in [0.3, 0.4) is 0 Å². The van der Waals surface area contributed by atoms with Gasteiger partial charge in [0.15, 0.2) is 0 Å². The molecule has 4 nitrogen and oxygen atoms in total. The van der Waals surface area contributed by atoms with E-state index in [1.165, 1.54) is 0 Å². The standard InChI is InChI=1S/2C7H9O2P2.2BrH.Ti/c2*1-10(8)6-3-4-7(5-6)11(2)9;;;/h2*3-5H,1-2H3;2*1H;/q2*+1;;;+2/p-2. The van der Waals surface area contributed by atoms with Gasteiger partial charge in [0.1, 0.15) is 26.7 Å². The van der Waals surface area contributed by atoms with Gasteiger partial charge in [-0.1, -0.05) is 18.3 Å². The van der Waals surface area contributed by atoms with Crippen molar-refractivity contribution in [2.45, 2.75) is 0 Å². The van der Waals surface area contributed by atoms with E-state index in [-0.39, 0.29) is 15.0 Å². The average Bonchev–Trinajstić information content (AvgIpc) is 3.18. The molecule has 0 aromatic heterocycles. The molecule has 0 heterocycles. The quantitative estimate of drug-likeness (QED) is 0.295. The Balaban J connectivity index is 0.000000399. The van der Waals surface area contributed by atoms with E-state index in [4.69, 9.17) is 0 Å². The third-order valence-corrected chi connectivity index (χ3v) is 6.92. The van der Waals surface area contributed by atoms with Crippen LogP contribution in [-0.2, 0) is 33.2 Å². The molecular formula is C14H18Br2O4P4Ti+2. The Morgan fingerprint density at radius 1 is 0.720 bits per heavy atom. The molecule has 0 saturated heterocycles. The van der Waals surface area contributed by atoms with Crippen LogP contribution in [0.5, 0.6) is 0 Å². The molecule has 11 heteroatoms. The summed E-state index contributed by atoms with van der Waals surface area (Å²) < 4.78 is 43.7. The molecule has 2 aromatic rings. The van der Waals surface area contributed by atoms with E-state index in [9.17, 15) is 18.3 Å². The third kappa shape index (κ3) is 10.6. The van der Waals surface area contributed by atoms with Crippen molar-refractivity contribution >= 4 is 78.7 Å². The van der Waals surface area contributed by atoms with Crippen LogP contribution in [0.2, 0.25) is 0 Å². The van der Waals surface area contributed by atoms with Gasteiger partial charge in [-0.2, -0.15) is 0 Å². The second kappa shape index (κ2) is 13.9. The first-order chi connectivity index (χ1) is 11.6. The van der Waals surface area contributed by atoms with Gasteiger partial charge in [0.25, 0.3) is 0 Å². The van der Waals surface area contributed by atoms with Crippen LogP contribution in [-0.4, -0.2) is 26.7 Å². The molecule has 0 radical (unpaired) electrons. The summed E-state index contributed by atoms with van der Waals surface area (Å²) in [6, 6.07) is 10.6. The fourth-order valence-corrected chi connectivity index (χ4v) is 4.25. The third-order valence-electron chi connectivity index (χ3n) is 2.90. The molecule has 4 atom stereocenters. The first-order valence-corrected chi connectivity index (χ1v) is 21.3. The van der Waals surface area contributed by atoms with Gasteiger partial charge in [-0.05, 0) is 0 Å². The minimum atomic E-state index is -1.28. The van der Waals surface area contributed by atoms with Crippen molar-refractivity contribution in [1.82, 2.24) is 0 Å². The fraction of sp³-hybridized carbons (Fsp3) is 0.286. The van der Waals surface area contributed by atoms with Gasteiger partial charge >= 0.3 is 72.5 Å². The molecule has 0 aliphatic rings. The summed E-state index contributed by atoms with van der Waals surface area (Å²) >= 11 is 6.50. The van der Waals surface area contributed by atoms with E-state index >= 15 is 0 Å². The summed E-state index contributed by atoms with van der Waals surface area (Å²) in [6.45, 7) is 6.60. The molecule has 0 aliphatic heterocycles. The summed E-state index contributed by atoms with van der Waals surface area (Å²) in [5.74, 6) is 0. The predicted molar refractivity (Wildman–Crippen MR) is 115 cm³/mol. The summed E-state index contributed by atoms with van der Waals surface area (Å²) in [4.78, 5) is 0. The second-order valence-corrected chi connectivity index (χ2v) is 18.6. The van der Waals surface area contributed by atoms with E-state index in [0.29, 0.717) is 0 Å². The van der Waals surface area contributed by atoms with Crippen LogP contribution in [0.4, 0.5) is 0 Å². The van der Waals surface area contributed by atoms with Crippen LogP contribution in [0.15, 0.2) is 36.4 Å². The summed E-state index contributed by atoms with van der Waals surface area (Å²) in [5.41, 5.74) is 0. The van der Waals surface area contributed by atoms with Crippen molar-refractivity contribution in [3.8, 4) is 0 Å². The molecule has 0 aliphatic carbocycles. The number of halogens is 2. The zero-order valence-electron chi connectivity index (χ0n) is 14.1. The monoisotopic (exact) mass is 580 g/mol. The molecule has 134 valence electrons. The average molecular weight is 582 g/mol. The van der Waals surface area contributed by atoms with Crippen molar-refractivity contribution in [3.63, 3.8) is 0 Å². The fourth-order valence-electron chi connectivity index (χ4n) is 1.62. The Kier molecular flexibility index (Phi) is 14.3. The molecule has 25 heavy (non-hydrogen) atoms. The van der Waals surface area contributed by atoms with Crippen LogP contribution >= 0.6 is 57.5 Å². The summed E-state index contributed by atoms with van der Waals surface area (Å²) in [6.07, 6.45) is 0. The van der Waals surface area contributed by atoms with Gasteiger partial charge in [0, 0.05) is 10.6 Å². The summed E-state index contributed by atoms with van der Waals surface area (Å²) in [5, 5.41) is 3.17. The van der Waals surface area contributed by atoms with E-state index < -0.39 is 31.2 Å². The van der Waals surface area contributed by atoms with Crippen LogP contribution in [0.25, 0.3) is 0 Å². The number of rotatable bonds is 4. The molecule has 4 unspecified atom stereocenters. The Morgan fingerprint density at radius 3 is 1.12 bits per heavy atom. The Bertz CT molecular complexity index is 638. The Morgan fingerprint density at radius 2 is 1.00 bits per heavy atom. The van der Waals surface area contributed by atoms with E-state index in [2.05, 4.69) is 26.3 Å². The maximum absolute atomic E-state index is 10.9. The molecular weight excluding hydrogens is 564 g/mol. The molecule has 0 bridgehead atoms. The SMILES string of the molecule is C[P+](=O)c1c[cH-]c([P+](C)=O)c1.C[P+](=O)c1c[cH-]c([P+](C)=O)c1.[Br][Ti][Br]. The first-order valence-electron chi connectivity index (χ1n) is 6.77. The van der Waals surface area contributed by atoms with E-state index in [0.717, 1.165) is 21.2 Å². The van der Waals surface area contributed by atoms with Crippen LogP contribution < -0.4 is 21.2 Å². The zero-order valence-corrected chi connectivity index (χ0v) is 22.5. The molecule has 0 amide bonds. The van der Waals surface area contributed by atoms with Gasteiger partial charge < -0.3 is 0 Å². The molecule has 0 saturated carbocycles. The van der Waals surface area contributed by atoms with Crippen LogP contribution in [0, 0.1) is 0 Å². The maximum atomic E-state index is 10.9. The van der Waals surface area contributed by atoms with Crippen LogP contribution in [0.1, 0.15) is 0 Å². The Labute approximate surface area is 173 Å². The van der Waals surface area contributed by atoms with Gasteiger partial charge in [-0.3, -0.25) is 0 Å². The predicted octanol–water partition coefficient (Wildman–Crippen LogP) is 4.83. The number of hydrogen-bond donors (Lipinski definition) is 0. The molecule has 0 N–H and O–H groups in total. The van der Waals surface area contributed by atoms with Gasteiger partial charge in [0.05, 0.1) is 10.6 Å². The molecule has 0 fully saturated rings. The van der Waals surface area contributed by atoms with Gasteiger partial charge in [-0.15, -0.1) is 36.4 Å². The van der Waals surface area contributed by atoms with Crippen molar-refractivity contribution in [2.24, 2.45) is 0 Å². The van der Waals surface area contributed by atoms with E-state index in [1.807, 2.05) is 0 Å². The summed E-state index contributed by atoms with van der Waals surface area (Å²) in [7, 11) is -5.11. The topological polar surface area (TPSA) is 68.3 Å². The molecule has 2 rings (SSSR count). The van der Waals surface area contributed by atoms with Crippen molar-refractivity contribution in [2.75, 3.05) is 26.7 Å². The van der Waals surface area contributed by atoms with E-state index in [1.54, 1.807) is 63.1 Å². The van der Waals surface area contributed by atoms with Crippen molar-refractivity contribution < 1.29 is 33.2 Å². The normalized spacial score (nSPS) is 11.9. The Hall–Kier alpha value is 0.774. The molecule has 0 spiro atoms. The van der Waals surface area contributed by atoms with Gasteiger partial charge in [-0.25, -0.2) is 0 Å². The van der Waals surface area contributed by atoms with Gasteiger partial charge in [0.2, 0.25) is 0 Å². The van der Waals surface area contributed by atoms with Crippen molar-refractivity contribution in [3.05, 3.63) is 36.4 Å². The number of hydrogen-bond acceptors (Lipinski definition) is 4. The first kappa shape index (κ1) is 25.8. The van der Waals surface area contributed by atoms with Crippen molar-refractivity contribution in [1.29, 1.82) is 0 Å². The zero-order chi connectivity index (χ0) is 19.6. The molecule has 2 aromatic carbocycles. The second-order valence-electron chi connectivity index (χ2n) is 4.72. The minimum absolute atomic E-state index is 0.125.